The van der Waals surface area contributed by atoms with Crippen molar-refractivity contribution in [2.75, 3.05) is 0 Å². The molecule has 0 aromatic carbocycles. The van der Waals surface area contributed by atoms with Crippen molar-refractivity contribution >= 4 is 5.97 Å². The lowest BCUT2D eigenvalue weighted by atomic mass is 9.33. The van der Waals surface area contributed by atoms with E-state index >= 15 is 0 Å². The summed E-state index contributed by atoms with van der Waals surface area (Å²) in [5.74, 6) is -0.142. The molecule has 5 aliphatic rings. The fourth-order valence-corrected chi connectivity index (χ4v) is 10.5. The van der Waals surface area contributed by atoms with Crippen LogP contribution in [0.4, 0.5) is 0 Å². The summed E-state index contributed by atoms with van der Waals surface area (Å²) >= 11 is 0. The number of hydrogen-bond donors (Lipinski definition) is 3. The Hall–Kier alpha value is -1.13. The van der Waals surface area contributed by atoms with Gasteiger partial charge in [0.25, 0.3) is 0 Å². The van der Waals surface area contributed by atoms with Crippen LogP contribution in [0.15, 0.2) is 23.3 Å². The zero-order chi connectivity index (χ0) is 25.1. The molecule has 0 aliphatic heterocycles. The lowest BCUT2D eigenvalue weighted by Crippen LogP contribution is -2.66. The van der Waals surface area contributed by atoms with Crippen molar-refractivity contribution in [2.24, 2.45) is 44.8 Å². The van der Waals surface area contributed by atoms with Crippen LogP contribution >= 0.6 is 0 Å². The highest BCUT2D eigenvalue weighted by atomic mass is 16.4. The Morgan fingerprint density at radius 3 is 2.26 bits per heavy atom. The van der Waals surface area contributed by atoms with E-state index in [4.69, 9.17) is 0 Å². The highest BCUT2D eigenvalue weighted by Crippen LogP contribution is 2.75. The van der Waals surface area contributed by atoms with Crippen molar-refractivity contribution in [1.82, 2.24) is 0 Å². The van der Waals surface area contributed by atoms with Crippen molar-refractivity contribution in [3.05, 3.63) is 23.3 Å². The summed E-state index contributed by atoms with van der Waals surface area (Å²) in [5.41, 5.74) is 0.0546. The molecule has 0 saturated heterocycles. The number of fused-ring (bicyclic) bond motifs is 7. The Balaban J connectivity index is 1.65. The Kier molecular flexibility index (Phi) is 5.06. The van der Waals surface area contributed by atoms with Gasteiger partial charge in [-0.2, -0.15) is 0 Å². The molecule has 3 N–H and O–H groups in total. The van der Waals surface area contributed by atoms with E-state index < -0.39 is 17.0 Å². The molecule has 34 heavy (non-hydrogen) atoms. The van der Waals surface area contributed by atoms with Crippen LogP contribution in [0.5, 0.6) is 0 Å². The van der Waals surface area contributed by atoms with E-state index in [0.717, 1.165) is 44.1 Å². The Morgan fingerprint density at radius 1 is 0.941 bits per heavy atom. The summed E-state index contributed by atoms with van der Waals surface area (Å²) in [5, 5.41) is 33.2. The lowest BCUT2D eigenvalue weighted by Gasteiger charge is -2.71. The molecule has 5 rings (SSSR count). The molecule has 0 aromatic heterocycles. The van der Waals surface area contributed by atoms with Crippen LogP contribution in [0.25, 0.3) is 0 Å². The van der Waals surface area contributed by atoms with Gasteiger partial charge in [-0.1, -0.05) is 52.3 Å². The smallest absolute Gasteiger partial charge is 0.310 e. The summed E-state index contributed by atoms with van der Waals surface area (Å²) < 4.78 is 0. The van der Waals surface area contributed by atoms with Gasteiger partial charge in [-0.25, -0.2) is 0 Å². The van der Waals surface area contributed by atoms with Gasteiger partial charge in [-0.15, -0.1) is 0 Å². The molecule has 9 atom stereocenters. The molecule has 0 heterocycles. The van der Waals surface area contributed by atoms with Gasteiger partial charge in [0, 0.05) is 5.92 Å². The minimum absolute atomic E-state index is 0.0521. The fraction of sp³-hybridized carbons (Fsp3) is 0.833. The number of allylic oxidation sites excluding steroid dienone is 2. The van der Waals surface area contributed by atoms with Crippen molar-refractivity contribution in [2.45, 2.75) is 112 Å². The maximum absolute atomic E-state index is 12.8. The molecule has 0 radical (unpaired) electrons. The summed E-state index contributed by atoms with van der Waals surface area (Å²) in [7, 11) is 0. The first-order valence-electron chi connectivity index (χ1n) is 13.6. The number of aliphatic hydroxyl groups is 2. The van der Waals surface area contributed by atoms with Gasteiger partial charge in [0.15, 0.2) is 0 Å². The molecule has 3 fully saturated rings. The zero-order valence-electron chi connectivity index (χ0n) is 22.4. The molecule has 4 nitrogen and oxygen atoms in total. The Bertz CT molecular complexity index is 974. The number of carboxylic acids is 1. The van der Waals surface area contributed by atoms with E-state index in [0.29, 0.717) is 24.7 Å². The Labute approximate surface area is 205 Å². The number of aliphatic hydroxyl groups excluding tert-OH is 1. The minimum Gasteiger partial charge on any atom is -0.481 e. The second-order valence-electron chi connectivity index (χ2n) is 14.3. The van der Waals surface area contributed by atoms with Crippen LogP contribution in [0, 0.1) is 44.8 Å². The topological polar surface area (TPSA) is 77.8 Å². The predicted octanol–water partition coefficient (Wildman–Crippen LogP) is 6.12. The third-order valence-electron chi connectivity index (χ3n) is 13.0. The number of carboxylic acid groups (broad SMARTS) is 1. The van der Waals surface area contributed by atoms with Crippen LogP contribution in [0.3, 0.4) is 0 Å². The molecular weight excluding hydrogens is 424 g/mol. The van der Waals surface area contributed by atoms with Gasteiger partial charge >= 0.3 is 5.97 Å². The summed E-state index contributed by atoms with van der Waals surface area (Å²) in [6.07, 6.45) is 11.2. The van der Waals surface area contributed by atoms with E-state index in [1.807, 2.05) is 19.9 Å². The number of carbonyl (C=O) groups is 1. The SMILES string of the molecule is CC1=CC[C@]2(C(=O)O)CC[C@]3(C)C(=CC[C@@H]4[C@@]5(C)CC[C@H](O)C(C)(C)C5CC[C@]43C)[C@@H]2[C@]1(C)O. The average Bonchev–Trinajstić information content (AvgIpc) is 2.74. The van der Waals surface area contributed by atoms with Crippen molar-refractivity contribution in [3.63, 3.8) is 0 Å². The molecule has 5 aliphatic carbocycles. The first-order chi connectivity index (χ1) is 15.6. The molecule has 0 amide bonds. The van der Waals surface area contributed by atoms with Crippen LogP contribution in [0.2, 0.25) is 0 Å². The van der Waals surface area contributed by atoms with Gasteiger partial charge in [-0.05, 0) is 104 Å². The maximum atomic E-state index is 12.8. The molecular formula is C30H46O4. The van der Waals surface area contributed by atoms with Crippen molar-refractivity contribution in [3.8, 4) is 0 Å². The fourth-order valence-electron chi connectivity index (χ4n) is 10.5. The molecule has 0 bridgehead atoms. The quantitative estimate of drug-likeness (QED) is 0.403. The van der Waals surface area contributed by atoms with Gasteiger partial charge in [-0.3, -0.25) is 4.79 Å². The first kappa shape index (κ1) is 24.6. The van der Waals surface area contributed by atoms with Crippen LogP contribution in [-0.4, -0.2) is 33.0 Å². The Morgan fingerprint density at radius 2 is 1.62 bits per heavy atom. The summed E-state index contributed by atoms with van der Waals surface area (Å²) in [4.78, 5) is 12.8. The third-order valence-corrected chi connectivity index (χ3v) is 13.0. The number of hydrogen-bond acceptors (Lipinski definition) is 3. The van der Waals surface area contributed by atoms with E-state index in [1.165, 1.54) is 5.57 Å². The van der Waals surface area contributed by atoms with Crippen molar-refractivity contribution in [1.29, 1.82) is 0 Å². The molecule has 3 saturated carbocycles. The summed E-state index contributed by atoms with van der Waals surface area (Å²) in [6, 6.07) is 0. The standard InChI is InChI=1S/C30H46O4/c1-18-10-15-30(24(32)33)17-16-27(5)19(23(30)29(18,7)34)8-9-21-26(4)13-12-22(31)25(2,3)20(26)11-14-28(21,27)6/h8,10,20-23,31,34H,9,11-17H2,1-7H3,(H,32,33)/t20?,21-,22+,23-,26+,27-,28-,29-,30+/m1/s1. The van der Waals surface area contributed by atoms with Gasteiger partial charge < -0.3 is 15.3 Å². The van der Waals surface area contributed by atoms with E-state index in [-0.39, 0.29) is 33.7 Å². The third kappa shape index (κ3) is 2.65. The van der Waals surface area contributed by atoms with Crippen LogP contribution in [-0.2, 0) is 4.79 Å². The highest BCUT2D eigenvalue weighted by molar-refractivity contribution is 5.78. The molecule has 4 heteroatoms. The number of aliphatic carboxylic acids is 1. The van der Waals surface area contributed by atoms with Gasteiger partial charge in [0.1, 0.15) is 0 Å². The summed E-state index contributed by atoms with van der Waals surface area (Å²) in [6.45, 7) is 15.7. The van der Waals surface area contributed by atoms with Crippen LogP contribution < -0.4 is 0 Å². The normalized spacial score (nSPS) is 53.9. The van der Waals surface area contributed by atoms with Crippen molar-refractivity contribution < 1.29 is 20.1 Å². The zero-order valence-corrected chi connectivity index (χ0v) is 22.4. The van der Waals surface area contributed by atoms with E-state index in [9.17, 15) is 20.1 Å². The second kappa shape index (κ2) is 7.00. The molecule has 190 valence electrons. The largest absolute Gasteiger partial charge is 0.481 e. The van der Waals surface area contributed by atoms with Crippen LogP contribution in [0.1, 0.15) is 99.8 Å². The highest BCUT2D eigenvalue weighted by Gasteiger charge is 2.70. The van der Waals surface area contributed by atoms with E-state index in [2.05, 4.69) is 40.7 Å². The monoisotopic (exact) mass is 470 g/mol. The minimum atomic E-state index is -1.15. The van der Waals surface area contributed by atoms with Gasteiger partial charge in [0.05, 0.1) is 17.1 Å². The molecule has 0 aromatic rings. The molecule has 0 spiro atoms. The number of rotatable bonds is 1. The first-order valence-corrected chi connectivity index (χ1v) is 13.6. The van der Waals surface area contributed by atoms with E-state index in [1.54, 1.807) is 0 Å². The maximum Gasteiger partial charge on any atom is 0.310 e. The molecule has 1 unspecified atom stereocenters. The average molecular weight is 471 g/mol. The predicted molar refractivity (Wildman–Crippen MR) is 134 cm³/mol. The van der Waals surface area contributed by atoms with Gasteiger partial charge in [0.2, 0.25) is 0 Å². The second-order valence-corrected chi connectivity index (χ2v) is 14.3. The lowest BCUT2D eigenvalue weighted by molar-refractivity contribution is -0.208.